The molecule has 1 fully saturated rings. The molecule has 3 atom stereocenters. The van der Waals surface area contributed by atoms with Crippen molar-refractivity contribution in [1.29, 1.82) is 0 Å². The van der Waals surface area contributed by atoms with Crippen molar-refractivity contribution in [3.8, 4) is 0 Å². The topological polar surface area (TPSA) is 58.6 Å². The van der Waals surface area contributed by atoms with E-state index in [9.17, 15) is 9.90 Å². The minimum Gasteiger partial charge on any atom is -0.444 e. The van der Waals surface area contributed by atoms with E-state index < -0.39 is 17.8 Å². The van der Waals surface area contributed by atoms with Gasteiger partial charge in [0.2, 0.25) is 0 Å². The highest BCUT2D eigenvalue weighted by Gasteiger charge is 2.60. The SMILES string of the molecule is CC(C)(C)OC(=O)NC[C@@H]1C[C@]1(c1ccccc1)[C@@H](O)c1ccccc1. The molecule has 138 valence electrons. The normalized spacial score (nSPS) is 23.2. The number of ether oxygens (including phenoxy) is 1. The summed E-state index contributed by atoms with van der Waals surface area (Å²) in [6, 6.07) is 19.8. The molecule has 0 aliphatic heterocycles. The van der Waals surface area contributed by atoms with Crippen LogP contribution >= 0.6 is 0 Å². The van der Waals surface area contributed by atoms with E-state index in [0.717, 1.165) is 17.5 Å². The number of carbonyl (C=O) groups excluding carboxylic acids is 1. The van der Waals surface area contributed by atoms with Crippen LogP contribution in [-0.4, -0.2) is 23.3 Å². The van der Waals surface area contributed by atoms with Gasteiger partial charge >= 0.3 is 6.09 Å². The Hall–Kier alpha value is -2.33. The van der Waals surface area contributed by atoms with Crippen molar-refractivity contribution in [2.45, 2.75) is 44.3 Å². The zero-order valence-corrected chi connectivity index (χ0v) is 15.6. The lowest BCUT2D eigenvalue weighted by molar-refractivity contribution is 0.0519. The maximum atomic E-state index is 12.0. The highest BCUT2D eigenvalue weighted by Crippen LogP contribution is 2.61. The Bertz CT molecular complexity index is 739. The zero-order valence-electron chi connectivity index (χ0n) is 15.6. The maximum Gasteiger partial charge on any atom is 0.407 e. The fraction of sp³-hybridized carbons (Fsp3) is 0.409. The van der Waals surface area contributed by atoms with Crippen LogP contribution in [0.5, 0.6) is 0 Å². The minimum absolute atomic E-state index is 0.160. The molecule has 3 rings (SSSR count). The van der Waals surface area contributed by atoms with E-state index in [4.69, 9.17) is 4.74 Å². The van der Waals surface area contributed by atoms with Gasteiger partial charge in [0.05, 0.1) is 6.10 Å². The maximum absolute atomic E-state index is 12.0. The van der Waals surface area contributed by atoms with Crippen molar-refractivity contribution in [1.82, 2.24) is 5.32 Å². The molecular weight excluding hydrogens is 326 g/mol. The molecule has 0 heterocycles. The van der Waals surface area contributed by atoms with Crippen molar-refractivity contribution in [3.05, 3.63) is 71.8 Å². The van der Waals surface area contributed by atoms with E-state index >= 15 is 0 Å². The van der Waals surface area contributed by atoms with Gasteiger partial charge in [-0.15, -0.1) is 0 Å². The average molecular weight is 353 g/mol. The summed E-state index contributed by atoms with van der Waals surface area (Å²) in [6.45, 7) is 6.01. The van der Waals surface area contributed by atoms with Crippen LogP contribution in [0.25, 0.3) is 0 Å². The van der Waals surface area contributed by atoms with Crippen molar-refractivity contribution >= 4 is 6.09 Å². The molecule has 4 heteroatoms. The number of alkyl carbamates (subject to hydrolysis) is 1. The summed E-state index contributed by atoms with van der Waals surface area (Å²) in [5, 5.41) is 14.0. The molecule has 1 aliphatic carbocycles. The number of nitrogens with one attached hydrogen (secondary N) is 1. The third kappa shape index (κ3) is 3.91. The average Bonchev–Trinajstić information content (AvgIpc) is 3.35. The molecule has 1 aliphatic rings. The van der Waals surface area contributed by atoms with E-state index in [1.807, 2.05) is 69.3 Å². The second-order valence-electron chi connectivity index (χ2n) is 8.00. The fourth-order valence-electron chi connectivity index (χ4n) is 3.65. The lowest BCUT2D eigenvalue weighted by Crippen LogP contribution is -2.35. The molecule has 4 nitrogen and oxygen atoms in total. The molecule has 2 aromatic carbocycles. The summed E-state index contributed by atoms with van der Waals surface area (Å²) in [5.74, 6) is 0.160. The molecule has 2 N–H and O–H groups in total. The van der Waals surface area contributed by atoms with E-state index in [0.29, 0.717) is 6.54 Å². The largest absolute Gasteiger partial charge is 0.444 e. The quantitative estimate of drug-likeness (QED) is 0.847. The lowest BCUT2D eigenvalue weighted by Gasteiger charge is -2.26. The van der Waals surface area contributed by atoms with Crippen molar-refractivity contribution in [3.63, 3.8) is 0 Å². The van der Waals surface area contributed by atoms with E-state index in [1.54, 1.807) is 0 Å². The van der Waals surface area contributed by atoms with Gasteiger partial charge < -0.3 is 15.2 Å². The van der Waals surface area contributed by atoms with Crippen LogP contribution in [0, 0.1) is 5.92 Å². The molecule has 0 spiro atoms. The smallest absolute Gasteiger partial charge is 0.407 e. The molecule has 26 heavy (non-hydrogen) atoms. The lowest BCUT2D eigenvalue weighted by atomic mass is 9.84. The van der Waals surface area contributed by atoms with Crippen molar-refractivity contribution in [2.24, 2.45) is 5.92 Å². The van der Waals surface area contributed by atoms with Crippen LogP contribution in [0.2, 0.25) is 0 Å². The van der Waals surface area contributed by atoms with Gasteiger partial charge in [-0.25, -0.2) is 4.79 Å². The summed E-state index contributed by atoms with van der Waals surface area (Å²) >= 11 is 0. The van der Waals surface area contributed by atoms with E-state index in [2.05, 4.69) is 17.4 Å². The van der Waals surface area contributed by atoms with Crippen LogP contribution in [0.1, 0.15) is 44.4 Å². The number of aliphatic hydroxyl groups excluding tert-OH is 1. The van der Waals surface area contributed by atoms with Gasteiger partial charge in [-0.3, -0.25) is 0 Å². The Kier molecular flexibility index (Phi) is 5.05. The molecule has 2 aromatic rings. The summed E-state index contributed by atoms with van der Waals surface area (Å²) in [7, 11) is 0. The summed E-state index contributed by atoms with van der Waals surface area (Å²) < 4.78 is 5.32. The van der Waals surface area contributed by atoms with Gasteiger partial charge in [-0.2, -0.15) is 0 Å². The summed E-state index contributed by atoms with van der Waals surface area (Å²) in [4.78, 5) is 12.0. The Morgan fingerprint density at radius 1 is 1.15 bits per heavy atom. The first-order chi connectivity index (χ1) is 12.3. The van der Waals surface area contributed by atoms with Gasteiger partial charge in [-0.1, -0.05) is 60.7 Å². The molecule has 1 saturated carbocycles. The number of benzene rings is 2. The molecule has 1 amide bonds. The summed E-state index contributed by atoms with van der Waals surface area (Å²) in [6.07, 6.45) is -0.208. The predicted octanol–water partition coefficient (Wildman–Crippen LogP) is 4.20. The molecule has 0 unspecified atom stereocenters. The predicted molar refractivity (Wildman–Crippen MR) is 102 cm³/mol. The van der Waals surface area contributed by atoms with Crippen LogP contribution < -0.4 is 5.32 Å². The van der Waals surface area contributed by atoms with Crippen molar-refractivity contribution < 1.29 is 14.6 Å². The second kappa shape index (κ2) is 7.12. The first-order valence-corrected chi connectivity index (χ1v) is 9.08. The van der Waals surface area contributed by atoms with Gasteiger partial charge in [0.15, 0.2) is 0 Å². The Labute approximate surface area is 155 Å². The van der Waals surface area contributed by atoms with E-state index in [-0.39, 0.29) is 11.3 Å². The third-order valence-corrected chi connectivity index (χ3v) is 4.96. The molecule has 0 radical (unpaired) electrons. The molecular formula is C22H27NO3. The van der Waals surface area contributed by atoms with Gasteiger partial charge in [0.1, 0.15) is 5.60 Å². The molecule has 0 bridgehead atoms. The van der Waals surface area contributed by atoms with Gasteiger partial charge in [0.25, 0.3) is 0 Å². The number of rotatable bonds is 5. The fourth-order valence-corrected chi connectivity index (χ4v) is 3.65. The Morgan fingerprint density at radius 2 is 1.73 bits per heavy atom. The van der Waals surface area contributed by atoms with Crippen LogP contribution in [0.3, 0.4) is 0 Å². The van der Waals surface area contributed by atoms with Crippen molar-refractivity contribution in [2.75, 3.05) is 6.54 Å². The zero-order chi connectivity index (χ0) is 18.8. The Morgan fingerprint density at radius 3 is 2.31 bits per heavy atom. The summed E-state index contributed by atoms with van der Waals surface area (Å²) in [5.41, 5.74) is 1.11. The van der Waals surface area contributed by atoms with Gasteiger partial charge in [0, 0.05) is 12.0 Å². The molecule has 0 aromatic heterocycles. The highest BCUT2D eigenvalue weighted by atomic mass is 16.6. The van der Waals surface area contributed by atoms with Crippen LogP contribution in [0.15, 0.2) is 60.7 Å². The standard InChI is InChI=1S/C22H27NO3/c1-21(2,3)26-20(25)23-15-18-14-22(18,17-12-8-5-9-13-17)19(24)16-10-6-4-7-11-16/h4-13,18-19,24H,14-15H2,1-3H3,(H,23,25)/t18-,19-,22+/m0/s1. The monoisotopic (exact) mass is 353 g/mol. The number of hydrogen-bond donors (Lipinski definition) is 2. The highest BCUT2D eigenvalue weighted by molar-refractivity contribution is 5.67. The van der Waals surface area contributed by atoms with Crippen LogP contribution in [-0.2, 0) is 10.2 Å². The van der Waals surface area contributed by atoms with Crippen LogP contribution in [0.4, 0.5) is 4.79 Å². The van der Waals surface area contributed by atoms with Gasteiger partial charge in [-0.05, 0) is 44.2 Å². The van der Waals surface area contributed by atoms with E-state index in [1.165, 1.54) is 0 Å². The number of hydrogen-bond acceptors (Lipinski definition) is 3. The first-order valence-electron chi connectivity index (χ1n) is 9.08. The second-order valence-corrected chi connectivity index (χ2v) is 8.00. The number of amides is 1. The first kappa shape index (κ1) is 18.5. The third-order valence-electron chi connectivity index (χ3n) is 4.96. The number of carbonyl (C=O) groups is 1. The minimum atomic E-state index is -0.614. The molecule has 0 saturated heterocycles. The Balaban J connectivity index is 1.77. The number of aliphatic hydroxyl groups is 1.